The van der Waals surface area contributed by atoms with Crippen molar-refractivity contribution < 1.29 is 0 Å². The second kappa shape index (κ2) is 5.46. The number of anilines is 1. The maximum atomic E-state index is 4.39. The van der Waals surface area contributed by atoms with Crippen LogP contribution in [0.2, 0.25) is 0 Å². The van der Waals surface area contributed by atoms with Crippen LogP contribution in [0.25, 0.3) is 11.0 Å². The van der Waals surface area contributed by atoms with Gasteiger partial charge in [0, 0.05) is 4.47 Å². The SMILES string of the molecule is Cc1ccc(C=NNc2nc3ccccc3[nH]2)cc1Br. The summed E-state index contributed by atoms with van der Waals surface area (Å²) in [7, 11) is 0. The minimum Gasteiger partial charge on any atom is -0.323 e. The largest absolute Gasteiger partial charge is 0.323 e. The number of H-pyrrole nitrogens is 1. The molecule has 0 spiro atoms. The molecule has 0 bridgehead atoms. The Bertz CT molecular complexity index is 743. The molecule has 100 valence electrons. The number of imidazole rings is 1. The number of halogens is 1. The molecule has 0 aliphatic carbocycles. The van der Waals surface area contributed by atoms with Gasteiger partial charge in [-0.05, 0) is 36.2 Å². The minimum absolute atomic E-state index is 0.633. The van der Waals surface area contributed by atoms with Crippen LogP contribution in [0.5, 0.6) is 0 Å². The molecule has 0 amide bonds. The molecule has 0 atom stereocenters. The van der Waals surface area contributed by atoms with Gasteiger partial charge in [0.25, 0.3) is 0 Å². The summed E-state index contributed by atoms with van der Waals surface area (Å²) in [5.74, 6) is 0.633. The summed E-state index contributed by atoms with van der Waals surface area (Å²) in [5.41, 5.74) is 7.03. The lowest BCUT2D eigenvalue weighted by molar-refractivity contribution is 1.21. The molecule has 0 saturated heterocycles. The second-order valence-corrected chi connectivity index (χ2v) is 5.34. The third-order valence-corrected chi connectivity index (χ3v) is 3.82. The molecular weight excluding hydrogens is 316 g/mol. The first-order valence-electron chi connectivity index (χ1n) is 6.22. The highest BCUT2D eigenvalue weighted by Crippen LogP contribution is 2.16. The number of hydrogen-bond acceptors (Lipinski definition) is 3. The van der Waals surface area contributed by atoms with E-state index >= 15 is 0 Å². The number of nitrogens with zero attached hydrogens (tertiary/aromatic N) is 2. The Hall–Kier alpha value is -2.14. The maximum Gasteiger partial charge on any atom is 0.222 e. The zero-order valence-electron chi connectivity index (χ0n) is 10.9. The van der Waals surface area contributed by atoms with Crippen molar-refractivity contribution >= 4 is 39.1 Å². The van der Waals surface area contributed by atoms with E-state index in [2.05, 4.69) is 43.3 Å². The topological polar surface area (TPSA) is 53.1 Å². The smallest absolute Gasteiger partial charge is 0.222 e. The van der Waals surface area contributed by atoms with Gasteiger partial charge in [0.15, 0.2) is 0 Å². The van der Waals surface area contributed by atoms with Crippen LogP contribution in [-0.2, 0) is 0 Å². The normalized spacial score (nSPS) is 11.3. The van der Waals surface area contributed by atoms with Crippen LogP contribution in [-0.4, -0.2) is 16.2 Å². The molecule has 3 aromatic rings. The first kappa shape index (κ1) is 12.9. The van der Waals surface area contributed by atoms with Crippen LogP contribution < -0.4 is 5.43 Å². The van der Waals surface area contributed by atoms with E-state index in [1.54, 1.807) is 6.21 Å². The molecular formula is C15H13BrN4. The van der Waals surface area contributed by atoms with Crippen molar-refractivity contribution in [2.24, 2.45) is 5.10 Å². The summed E-state index contributed by atoms with van der Waals surface area (Å²) in [6.07, 6.45) is 1.76. The van der Waals surface area contributed by atoms with Gasteiger partial charge in [-0.2, -0.15) is 5.10 Å². The Kier molecular flexibility index (Phi) is 3.52. The van der Waals surface area contributed by atoms with Gasteiger partial charge in [-0.25, -0.2) is 10.4 Å². The van der Waals surface area contributed by atoms with Gasteiger partial charge in [0.05, 0.1) is 17.2 Å². The Labute approximate surface area is 125 Å². The number of para-hydroxylation sites is 2. The first-order valence-corrected chi connectivity index (χ1v) is 7.02. The van der Waals surface area contributed by atoms with Crippen molar-refractivity contribution in [2.75, 3.05) is 5.43 Å². The van der Waals surface area contributed by atoms with Gasteiger partial charge in [0.2, 0.25) is 5.95 Å². The molecule has 0 fully saturated rings. The lowest BCUT2D eigenvalue weighted by Gasteiger charge is -1.99. The van der Waals surface area contributed by atoms with Gasteiger partial charge in [-0.15, -0.1) is 0 Å². The van der Waals surface area contributed by atoms with Crippen molar-refractivity contribution in [3.63, 3.8) is 0 Å². The summed E-state index contributed by atoms with van der Waals surface area (Å²) >= 11 is 3.51. The third kappa shape index (κ3) is 2.72. The van der Waals surface area contributed by atoms with Crippen molar-refractivity contribution in [1.29, 1.82) is 0 Å². The molecule has 2 aromatic carbocycles. The predicted molar refractivity (Wildman–Crippen MR) is 86.2 cm³/mol. The number of hydrogen-bond donors (Lipinski definition) is 2. The average molecular weight is 329 g/mol. The number of rotatable bonds is 3. The van der Waals surface area contributed by atoms with Crippen LogP contribution in [0, 0.1) is 6.92 Å². The van der Waals surface area contributed by atoms with Gasteiger partial charge in [-0.1, -0.05) is 40.2 Å². The molecule has 0 saturated carbocycles. The number of fused-ring (bicyclic) bond motifs is 1. The summed E-state index contributed by atoms with van der Waals surface area (Å²) in [6.45, 7) is 2.05. The number of aromatic amines is 1. The van der Waals surface area contributed by atoms with Crippen LogP contribution in [0.15, 0.2) is 52.0 Å². The highest BCUT2D eigenvalue weighted by atomic mass is 79.9. The molecule has 1 heterocycles. The fourth-order valence-electron chi connectivity index (χ4n) is 1.86. The van der Waals surface area contributed by atoms with Gasteiger partial charge in [0.1, 0.15) is 0 Å². The molecule has 2 N–H and O–H groups in total. The third-order valence-electron chi connectivity index (χ3n) is 2.97. The van der Waals surface area contributed by atoms with E-state index in [0.717, 1.165) is 21.1 Å². The van der Waals surface area contributed by atoms with Crippen molar-refractivity contribution in [2.45, 2.75) is 6.92 Å². The standard InChI is InChI=1S/C15H13BrN4/c1-10-6-7-11(8-12(10)16)9-17-20-15-18-13-4-2-3-5-14(13)19-15/h2-9H,1H3,(H2,18,19,20). The molecule has 0 radical (unpaired) electrons. The zero-order valence-corrected chi connectivity index (χ0v) is 12.5. The average Bonchev–Trinajstić information content (AvgIpc) is 2.85. The van der Waals surface area contributed by atoms with E-state index in [-0.39, 0.29) is 0 Å². The van der Waals surface area contributed by atoms with Crippen LogP contribution in [0.4, 0.5) is 5.95 Å². The van der Waals surface area contributed by atoms with E-state index in [1.165, 1.54) is 5.56 Å². The lowest BCUT2D eigenvalue weighted by atomic mass is 10.2. The summed E-state index contributed by atoms with van der Waals surface area (Å²) < 4.78 is 1.07. The number of benzene rings is 2. The Morgan fingerprint density at radius 3 is 2.90 bits per heavy atom. The number of aromatic nitrogens is 2. The number of aryl methyl sites for hydroxylation is 1. The highest BCUT2D eigenvalue weighted by molar-refractivity contribution is 9.10. The van der Waals surface area contributed by atoms with Crippen LogP contribution in [0.1, 0.15) is 11.1 Å². The molecule has 3 rings (SSSR count). The second-order valence-electron chi connectivity index (χ2n) is 4.48. The van der Waals surface area contributed by atoms with Crippen LogP contribution in [0.3, 0.4) is 0 Å². The quantitative estimate of drug-likeness (QED) is 0.562. The Morgan fingerprint density at radius 1 is 1.25 bits per heavy atom. The summed E-state index contributed by atoms with van der Waals surface area (Å²) in [5, 5.41) is 4.19. The molecule has 5 heteroatoms. The Morgan fingerprint density at radius 2 is 2.10 bits per heavy atom. The van der Waals surface area contributed by atoms with Crippen molar-refractivity contribution in [3.8, 4) is 0 Å². The van der Waals surface area contributed by atoms with Gasteiger partial charge < -0.3 is 4.98 Å². The predicted octanol–water partition coefficient (Wildman–Crippen LogP) is 4.08. The molecule has 0 aliphatic heterocycles. The fraction of sp³-hybridized carbons (Fsp3) is 0.0667. The zero-order chi connectivity index (χ0) is 13.9. The van der Waals surface area contributed by atoms with Crippen LogP contribution >= 0.6 is 15.9 Å². The summed E-state index contributed by atoms with van der Waals surface area (Å²) in [6, 6.07) is 14.0. The van der Waals surface area contributed by atoms with E-state index in [9.17, 15) is 0 Å². The van der Waals surface area contributed by atoms with Crippen molar-refractivity contribution in [3.05, 3.63) is 58.1 Å². The molecule has 0 unspecified atom stereocenters. The van der Waals surface area contributed by atoms with E-state index < -0.39 is 0 Å². The molecule has 20 heavy (non-hydrogen) atoms. The van der Waals surface area contributed by atoms with Crippen molar-refractivity contribution in [1.82, 2.24) is 9.97 Å². The van der Waals surface area contributed by atoms with E-state index in [0.29, 0.717) is 5.95 Å². The van der Waals surface area contributed by atoms with Gasteiger partial charge in [-0.3, -0.25) is 0 Å². The first-order chi connectivity index (χ1) is 9.72. The van der Waals surface area contributed by atoms with E-state index in [1.807, 2.05) is 42.5 Å². The summed E-state index contributed by atoms with van der Waals surface area (Å²) in [4.78, 5) is 7.54. The molecule has 4 nitrogen and oxygen atoms in total. The van der Waals surface area contributed by atoms with Gasteiger partial charge >= 0.3 is 0 Å². The number of hydrazone groups is 1. The fourth-order valence-corrected chi connectivity index (χ4v) is 2.26. The maximum absolute atomic E-state index is 4.39. The minimum atomic E-state index is 0.633. The monoisotopic (exact) mass is 328 g/mol. The lowest BCUT2D eigenvalue weighted by Crippen LogP contribution is -1.92. The molecule has 0 aliphatic rings. The highest BCUT2D eigenvalue weighted by Gasteiger charge is 1.99. The number of nitrogens with one attached hydrogen (secondary N) is 2. The molecule has 1 aromatic heterocycles. The van der Waals surface area contributed by atoms with E-state index in [4.69, 9.17) is 0 Å². The Balaban J connectivity index is 1.75.